The number of H-pyrrole nitrogens is 1. The highest BCUT2D eigenvalue weighted by molar-refractivity contribution is 5.59. The molecular weight excluding hydrogens is 240 g/mol. The third kappa shape index (κ3) is 2.44. The highest BCUT2D eigenvalue weighted by Crippen LogP contribution is 2.20. The van der Waals surface area contributed by atoms with E-state index in [-0.39, 0.29) is 0 Å². The van der Waals surface area contributed by atoms with Gasteiger partial charge in [-0.25, -0.2) is 0 Å². The Morgan fingerprint density at radius 2 is 1.89 bits per heavy atom. The van der Waals surface area contributed by atoms with Crippen LogP contribution in [0.1, 0.15) is 11.4 Å². The second kappa shape index (κ2) is 4.97. The molecule has 0 amide bonds. The maximum absolute atomic E-state index is 4.59. The van der Waals surface area contributed by atoms with Crippen molar-refractivity contribution in [1.82, 2.24) is 25.5 Å². The summed E-state index contributed by atoms with van der Waals surface area (Å²) in [5.74, 6) is 1.56. The standard InChI is InChI=1S/C13H18N6/c1-9-3-4-11(10(2)15-9)12-16-13(18-17-12)19-7-5-14-6-8-19/h3-4,14H,5-8H2,1-2H3,(H,16,17,18). The molecule has 6 nitrogen and oxygen atoms in total. The number of aryl methyl sites for hydroxylation is 2. The van der Waals surface area contributed by atoms with E-state index in [4.69, 9.17) is 0 Å². The molecule has 0 saturated carbocycles. The van der Waals surface area contributed by atoms with Crippen LogP contribution in [0, 0.1) is 13.8 Å². The van der Waals surface area contributed by atoms with Crippen LogP contribution in [-0.4, -0.2) is 46.3 Å². The number of anilines is 1. The Hall–Kier alpha value is -1.95. The minimum atomic E-state index is 0.775. The van der Waals surface area contributed by atoms with Crippen LogP contribution in [0.4, 0.5) is 5.95 Å². The summed E-state index contributed by atoms with van der Waals surface area (Å²) in [5, 5.41) is 10.7. The van der Waals surface area contributed by atoms with Gasteiger partial charge in [-0.05, 0) is 26.0 Å². The Labute approximate surface area is 112 Å². The van der Waals surface area contributed by atoms with Crippen LogP contribution in [0.3, 0.4) is 0 Å². The average Bonchev–Trinajstić information content (AvgIpc) is 2.89. The first-order valence-electron chi connectivity index (χ1n) is 6.57. The molecule has 0 radical (unpaired) electrons. The van der Waals surface area contributed by atoms with Crippen LogP contribution >= 0.6 is 0 Å². The lowest BCUT2D eigenvalue weighted by Gasteiger charge is -2.25. The Morgan fingerprint density at radius 3 is 2.63 bits per heavy atom. The number of hydrogen-bond acceptors (Lipinski definition) is 5. The molecule has 0 bridgehead atoms. The molecule has 3 heterocycles. The molecule has 1 aliphatic heterocycles. The van der Waals surface area contributed by atoms with Gasteiger partial charge >= 0.3 is 0 Å². The monoisotopic (exact) mass is 258 g/mol. The van der Waals surface area contributed by atoms with Crippen LogP contribution in [0.5, 0.6) is 0 Å². The van der Waals surface area contributed by atoms with Gasteiger partial charge < -0.3 is 10.2 Å². The van der Waals surface area contributed by atoms with Crippen LogP contribution in [0.15, 0.2) is 12.1 Å². The molecule has 0 atom stereocenters. The van der Waals surface area contributed by atoms with Crippen molar-refractivity contribution in [3.63, 3.8) is 0 Å². The lowest BCUT2D eigenvalue weighted by atomic mass is 10.2. The largest absolute Gasteiger partial charge is 0.337 e. The molecule has 2 aromatic heterocycles. The Bertz CT molecular complexity index is 570. The number of aromatic amines is 1. The lowest BCUT2D eigenvalue weighted by molar-refractivity contribution is 0.580. The van der Waals surface area contributed by atoms with Gasteiger partial charge in [-0.3, -0.25) is 10.1 Å². The summed E-state index contributed by atoms with van der Waals surface area (Å²) < 4.78 is 0. The first-order valence-corrected chi connectivity index (χ1v) is 6.57. The average molecular weight is 258 g/mol. The number of pyridine rings is 1. The van der Waals surface area contributed by atoms with Gasteiger partial charge in [-0.1, -0.05) is 0 Å². The number of piperazine rings is 1. The highest BCUT2D eigenvalue weighted by atomic mass is 15.4. The minimum Gasteiger partial charge on any atom is -0.337 e. The van der Waals surface area contributed by atoms with Crippen LogP contribution < -0.4 is 10.2 Å². The zero-order valence-corrected chi connectivity index (χ0v) is 11.3. The SMILES string of the molecule is Cc1ccc(-c2nc(N3CCNCC3)n[nH]2)c(C)n1. The number of aromatic nitrogens is 4. The summed E-state index contributed by atoms with van der Waals surface area (Å²) in [6, 6.07) is 4.04. The van der Waals surface area contributed by atoms with E-state index < -0.39 is 0 Å². The molecule has 2 aromatic rings. The number of nitrogens with one attached hydrogen (secondary N) is 2. The molecule has 2 N–H and O–H groups in total. The Balaban J connectivity index is 1.87. The zero-order chi connectivity index (χ0) is 13.2. The smallest absolute Gasteiger partial charge is 0.245 e. The van der Waals surface area contributed by atoms with Crippen LogP contribution in [0.2, 0.25) is 0 Å². The third-order valence-electron chi connectivity index (χ3n) is 3.35. The maximum Gasteiger partial charge on any atom is 0.245 e. The Morgan fingerprint density at radius 1 is 1.11 bits per heavy atom. The van der Waals surface area contributed by atoms with Crippen molar-refractivity contribution in [2.75, 3.05) is 31.1 Å². The molecule has 1 saturated heterocycles. The summed E-state index contributed by atoms with van der Waals surface area (Å²) in [6.45, 7) is 7.84. The van der Waals surface area contributed by atoms with Crippen molar-refractivity contribution < 1.29 is 0 Å². The maximum atomic E-state index is 4.59. The summed E-state index contributed by atoms with van der Waals surface area (Å²) in [5.41, 5.74) is 3.01. The number of rotatable bonds is 2. The zero-order valence-electron chi connectivity index (χ0n) is 11.3. The van der Waals surface area contributed by atoms with Gasteiger partial charge in [0, 0.05) is 43.1 Å². The van der Waals surface area contributed by atoms with E-state index in [1.54, 1.807) is 0 Å². The van der Waals surface area contributed by atoms with Gasteiger partial charge in [-0.15, -0.1) is 5.10 Å². The van der Waals surface area contributed by atoms with E-state index in [1.165, 1.54) is 0 Å². The van der Waals surface area contributed by atoms with Crippen molar-refractivity contribution in [3.05, 3.63) is 23.5 Å². The van der Waals surface area contributed by atoms with E-state index in [0.717, 1.165) is 54.9 Å². The highest BCUT2D eigenvalue weighted by Gasteiger charge is 2.16. The summed E-state index contributed by atoms with van der Waals surface area (Å²) in [7, 11) is 0. The van der Waals surface area contributed by atoms with Gasteiger partial charge in [0.25, 0.3) is 0 Å². The van der Waals surface area contributed by atoms with Crippen molar-refractivity contribution in [2.24, 2.45) is 0 Å². The second-order valence-electron chi connectivity index (χ2n) is 4.81. The molecule has 6 heteroatoms. The van der Waals surface area contributed by atoms with Crippen molar-refractivity contribution in [3.8, 4) is 11.4 Å². The fourth-order valence-corrected chi connectivity index (χ4v) is 2.32. The predicted molar refractivity (Wildman–Crippen MR) is 74.2 cm³/mol. The molecule has 0 unspecified atom stereocenters. The van der Waals surface area contributed by atoms with Crippen molar-refractivity contribution in [2.45, 2.75) is 13.8 Å². The van der Waals surface area contributed by atoms with Gasteiger partial charge in [0.05, 0.1) is 0 Å². The molecule has 100 valence electrons. The third-order valence-corrected chi connectivity index (χ3v) is 3.35. The van der Waals surface area contributed by atoms with E-state index in [2.05, 4.69) is 30.4 Å². The predicted octanol–water partition coefficient (Wildman–Crippen LogP) is 0.893. The summed E-state index contributed by atoms with van der Waals surface area (Å²) in [4.78, 5) is 11.2. The Kier molecular flexibility index (Phi) is 3.16. The topological polar surface area (TPSA) is 69.7 Å². The van der Waals surface area contributed by atoms with Crippen molar-refractivity contribution >= 4 is 5.95 Å². The van der Waals surface area contributed by atoms with Gasteiger partial charge in [0.15, 0.2) is 5.82 Å². The number of nitrogens with zero attached hydrogens (tertiary/aromatic N) is 4. The normalized spacial score (nSPS) is 15.8. The van der Waals surface area contributed by atoms with Gasteiger partial charge in [0.2, 0.25) is 5.95 Å². The summed E-state index contributed by atoms with van der Waals surface area (Å²) >= 11 is 0. The van der Waals surface area contributed by atoms with E-state index in [9.17, 15) is 0 Å². The molecule has 0 spiro atoms. The fourth-order valence-electron chi connectivity index (χ4n) is 2.32. The van der Waals surface area contributed by atoms with Gasteiger partial charge in [-0.2, -0.15) is 4.98 Å². The van der Waals surface area contributed by atoms with E-state index >= 15 is 0 Å². The van der Waals surface area contributed by atoms with E-state index in [1.807, 2.05) is 26.0 Å². The van der Waals surface area contributed by atoms with E-state index in [0.29, 0.717) is 0 Å². The molecule has 3 rings (SSSR count). The summed E-state index contributed by atoms with van der Waals surface area (Å²) in [6.07, 6.45) is 0. The molecule has 0 aromatic carbocycles. The van der Waals surface area contributed by atoms with Crippen LogP contribution in [0.25, 0.3) is 11.4 Å². The number of hydrogen-bond donors (Lipinski definition) is 2. The van der Waals surface area contributed by atoms with Gasteiger partial charge in [0.1, 0.15) is 0 Å². The molecular formula is C13H18N6. The fraction of sp³-hybridized carbons (Fsp3) is 0.462. The molecule has 1 aliphatic rings. The van der Waals surface area contributed by atoms with Crippen LogP contribution in [-0.2, 0) is 0 Å². The first-order chi connectivity index (χ1) is 9.24. The molecule has 1 fully saturated rings. The van der Waals surface area contributed by atoms with Crippen molar-refractivity contribution in [1.29, 1.82) is 0 Å². The minimum absolute atomic E-state index is 0.775. The molecule has 0 aliphatic carbocycles. The second-order valence-corrected chi connectivity index (χ2v) is 4.81. The first kappa shape index (κ1) is 12.1. The molecule has 19 heavy (non-hydrogen) atoms. The quantitative estimate of drug-likeness (QED) is 0.837. The lowest BCUT2D eigenvalue weighted by Crippen LogP contribution is -2.44.